The highest BCUT2D eigenvalue weighted by molar-refractivity contribution is 7.97. The van der Waals surface area contributed by atoms with Crippen LogP contribution in [0.5, 0.6) is 0 Å². The summed E-state index contributed by atoms with van der Waals surface area (Å²) in [7, 11) is 2.11. The predicted molar refractivity (Wildman–Crippen MR) is 116 cm³/mol. The van der Waals surface area contributed by atoms with Crippen molar-refractivity contribution in [2.45, 2.75) is 23.8 Å². The monoisotopic (exact) mass is 391 g/mol. The molecule has 1 aliphatic heterocycles. The van der Waals surface area contributed by atoms with Crippen molar-refractivity contribution in [3.05, 3.63) is 60.7 Å². The Labute approximate surface area is 169 Å². The highest BCUT2D eigenvalue weighted by atomic mass is 32.2. The second kappa shape index (κ2) is 7.62. The third kappa shape index (κ3) is 3.32. The van der Waals surface area contributed by atoms with Crippen molar-refractivity contribution in [2.75, 3.05) is 19.6 Å². The lowest BCUT2D eigenvalue weighted by molar-refractivity contribution is 0.249. The number of rotatable bonds is 6. The Hall–Kier alpha value is -2.28. The molecular weight excluding hydrogens is 366 g/mol. The molecule has 1 saturated heterocycles. The summed E-state index contributed by atoms with van der Waals surface area (Å²) in [5.74, 6) is 0. The molecule has 6 heteroatoms. The number of aromatic nitrogens is 3. The summed E-state index contributed by atoms with van der Waals surface area (Å²) in [4.78, 5) is 11.5. The molecule has 3 aromatic heterocycles. The van der Waals surface area contributed by atoms with E-state index in [2.05, 4.69) is 67.7 Å². The number of aryl methyl sites for hydroxylation is 1. The predicted octanol–water partition coefficient (Wildman–Crippen LogP) is 4.49. The number of hydrogen-bond donors (Lipinski definition) is 2. The zero-order chi connectivity index (χ0) is 18.9. The minimum atomic E-state index is 0.371. The third-order valence-corrected chi connectivity index (χ3v) is 6.56. The van der Waals surface area contributed by atoms with Gasteiger partial charge in [0.25, 0.3) is 0 Å². The number of nitrogens with zero attached hydrogens (tertiary/aromatic N) is 3. The van der Waals surface area contributed by atoms with Crippen LogP contribution in [0.3, 0.4) is 0 Å². The van der Waals surface area contributed by atoms with Gasteiger partial charge in [-0.3, -0.25) is 14.6 Å². The van der Waals surface area contributed by atoms with Gasteiger partial charge in [-0.05, 0) is 73.1 Å². The smallest absolute Gasteiger partial charge is 0.0667 e. The van der Waals surface area contributed by atoms with Crippen LogP contribution in [0.15, 0.2) is 60.0 Å². The van der Waals surface area contributed by atoms with E-state index in [0.717, 1.165) is 6.54 Å². The van der Waals surface area contributed by atoms with Gasteiger partial charge in [-0.25, -0.2) is 0 Å². The molecule has 5 rings (SSSR count). The second-order valence-corrected chi connectivity index (χ2v) is 8.49. The Morgan fingerprint density at radius 1 is 1.21 bits per heavy atom. The van der Waals surface area contributed by atoms with Gasteiger partial charge in [0.05, 0.1) is 17.8 Å². The molecule has 0 radical (unpaired) electrons. The highest BCUT2D eigenvalue weighted by Crippen LogP contribution is 2.32. The molecular formula is C22H25N5S. The van der Waals surface area contributed by atoms with E-state index < -0.39 is 0 Å². The Morgan fingerprint density at radius 3 is 3.00 bits per heavy atom. The van der Waals surface area contributed by atoms with Crippen molar-refractivity contribution in [1.82, 2.24) is 24.2 Å². The van der Waals surface area contributed by atoms with Gasteiger partial charge in [-0.2, -0.15) is 0 Å². The van der Waals surface area contributed by atoms with Crippen LogP contribution in [0, 0.1) is 0 Å². The van der Waals surface area contributed by atoms with Crippen molar-refractivity contribution >= 4 is 33.8 Å². The first-order chi connectivity index (χ1) is 13.8. The maximum Gasteiger partial charge on any atom is 0.0667 e. The molecule has 4 heterocycles. The Kier molecular flexibility index (Phi) is 4.84. The zero-order valence-corrected chi connectivity index (χ0v) is 16.9. The molecule has 0 aliphatic carbocycles. The minimum Gasteiger partial charge on any atom is -0.361 e. The Morgan fingerprint density at radius 2 is 2.11 bits per heavy atom. The number of hydrogen-bond acceptors (Lipinski definition) is 4. The van der Waals surface area contributed by atoms with Crippen LogP contribution >= 0.6 is 11.9 Å². The zero-order valence-electron chi connectivity index (χ0n) is 16.1. The molecule has 0 spiro atoms. The molecule has 5 nitrogen and oxygen atoms in total. The standard InChI is InChI=1S/C22H25N5S/c1-26-15-19(18-7-8-23-13-21(18)26)22(27-10-2-3-11-27)14-25-28-17-5-4-16-6-9-24-20(16)12-17/h4-9,12-13,15,22,24-25H,2-3,10-11,14H2,1H3. The summed E-state index contributed by atoms with van der Waals surface area (Å²) in [6, 6.07) is 11.2. The van der Waals surface area contributed by atoms with Crippen LogP contribution in [0.4, 0.5) is 0 Å². The summed E-state index contributed by atoms with van der Waals surface area (Å²) >= 11 is 1.72. The van der Waals surface area contributed by atoms with Crippen molar-refractivity contribution in [3.8, 4) is 0 Å². The lowest BCUT2D eigenvalue weighted by Gasteiger charge is -2.27. The van der Waals surface area contributed by atoms with Gasteiger partial charge in [0.1, 0.15) is 0 Å². The van der Waals surface area contributed by atoms with E-state index in [1.54, 1.807) is 11.9 Å². The van der Waals surface area contributed by atoms with Gasteiger partial charge in [0, 0.05) is 48.0 Å². The van der Waals surface area contributed by atoms with Crippen LogP contribution in [0.25, 0.3) is 21.8 Å². The first-order valence-electron chi connectivity index (χ1n) is 9.89. The average molecular weight is 392 g/mol. The molecule has 28 heavy (non-hydrogen) atoms. The van der Waals surface area contributed by atoms with Crippen LogP contribution < -0.4 is 4.72 Å². The van der Waals surface area contributed by atoms with Crippen LogP contribution in [-0.2, 0) is 7.05 Å². The number of pyridine rings is 1. The first-order valence-corrected chi connectivity index (χ1v) is 10.7. The van der Waals surface area contributed by atoms with E-state index in [1.807, 2.05) is 18.6 Å². The molecule has 1 unspecified atom stereocenters. The average Bonchev–Trinajstić information content (AvgIpc) is 3.46. The number of fused-ring (bicyclic) bond motifs is 2. The maximum atomic E-state index is 4.31. The van der Waals surface area contributed by atoms with Crippen molar-refractivity contribution in [1.29, 1.82) is 0 Å². The fourth-order valence-electron chi connectivity index (χ4n) is 4.31. The van der Waals surface area contributed by atoms with Crippen molar-refractivity contribution in [2.24, 2.45) is 7.05 Å². The molecule has 1 fully saturated rings. The van der Waals surface area contributed by atoms with Crippen molar-refractivity contribution in [3.63, 3.8) is 0 Å². The molecule has 0 saturated carbocycles. The van der Waals surface area contributed by atoms with E-state index >= 15 is 0 Å². The molecule has 1 atom stereocenters. The minimum absolute atomic E-state index is 0.371. The summed E-state index contributed by atoms with van der Waals surface area (Å²) in [5, 5.41) is 2.57. The van der Waals surface area contributed by atoms with Gasteiger partial charge in [-0.1, -0.05) is 6.07 Å². The summed E-state index contributed by atoms with van der Waals surface area (Å²) in [6.45, 7) is 3.26. The van der Waals surface area contributed by atoms with Gasteiger partial charge >= 0.3 is 0 Å². The Balaban J connectivity index is 1.37. The fraction of sp³-hybridized carbons (Fsp3) is 0.318. The molecule has 4 aromatic rings. The quantitative estimate of drug-likeness (QED) is 0.476. The molecule has 2 N–H and O–H groups in total. The van der Waals surface area contributed by atoms with E-state index in [1.165, 1.54) is 58.2 Å². The lowest BCUT2D eigenvalue weighted by Crippen LogP contribution is -2.32. The van der Waals surface area contributed by atoms with Gasteiger partial charge < -0.3 is 9.55 Å². The van der Waals surface area contributed by atoms with E-state index in [0.29, 0.717) is 6.04 Å². The number of H-pyrrole nitrogens is 1. The highest BCUT2D eigenvalue weighted by Gasteiger charge is 2.26. The summed E-state index contributed by atoms with van der Waals surface area (Å²) < 4.78 is 5.85. The van der Waals surface area contributed by atoms with Crippen LogP contribution in [0.1, 0.15) is 24.4 Å². The summed E-state index contributed by atoms with van der Waals surface area (Å²) in [5.41, 5.74) is 3.78. The van der Waals surface area contributed by atoms with E-state index in [4.69, 9.17) is 0 Å². The fourth-order valence-corrected chi connectivity index (χ4v) is 5.03. The third-order valence-electron chi connectivity index (χ3n) is 5.76. The van der Waals surface area contributed by atoms with Gasteiger partial charge in [0.2, 0.25) is 0 Å². The first kappa shape index (κ1) is 17.8. The van der Waals surface area contributed by atoms with E-state index in [9.17, 15) is 0 Å². The topological polar surface area (TPSA) is 48.9 Å². The SMILES string of the molecule is Cn1cc(C(CNSc2ccc3cc[nH]c3c2)N2CCCC2)c2ccncc21. The molecule has 0 amide bonds. The maximum absolute atomic E-state index is 4.31. The van der Waals surface area contributed by atoms with Crippen molar-refractivity contribution < 1.29 is 0 Å². The van der Waals surface area contributed by atoms with E-state index in [-0.39, 0.29) is 0 Å². The molecule has 1 aliphatic rings. The number of nitrogens with one attached hydrogen (secondary N) is 2. The van der Waals surface area contributed by atoms with Gasteiger partial charge in [-0.15, -0.1) is 0 Å². The summed E-state index contributed by atoms with van der Waals surface area (Å²) in [6.07, 6.45) is 10.7. The Bertz CT molecular complexity index is 1090. The molecule has 0 bridgehead atoms. The normalized spacial score (nSPS) is 16.3. The van der Waals surface area contributed by atoms with Crippen LogP contribution in [-0.4, -0.2) is 39.1 Å². The number of benzene rings is 1. The second-order valence-electron chi connectivity index (χ2n) is 7.52. The van der Waals surface area contributed by atoms with Gasteiger partial charge in [0.15, 0.2) is 0 Å². The molecule has 144 valence electrons. The lowest BCUT2D eigenvalue weighted by atomic mass is 10.1. The van der Waals surface area contributed by atoms with Crippen LogP contribution in [0.2, 0.25) is 0 Å². The largest absolute Gasteiger partial charge is 0.361 e. The number of likely N-dealkylation sites (tertiary alicyclic amines) is 1. The number of aromatic amines is 1. The molecule has 1 aromatic carbocycles.